The summed E-state index contributed by atoms with van der Waals surface area (Å²) in [6, 6.07) is 0. The van der Waals surface area contributed by atoms with Crippen molar-refractivity contribution in [3.05, 3.63) is 23.5 Å². The Kier molecular flexibility index (Phi) is 4.14. The highest BCUT2D eigenvalue weighted by atomic mass is 79.9. The van der Waals surface area contributed by atoms with Crippen molar-refractivity contribution in [2.75, 3.05) is 13.7 Å². The summed E-state index contributed by atoms with van der Waals surface area (Å²) in [6.07, 6.45) is 3.94. The molecule has 1 N–H and O–H groups in total. The molecular weight excluding hydrogens is 306 g/mol. The zero-order chi connectivity index (χ0) is 12.3. The van der Waals surface area contributed by atoms with Gasteiger partial charge in [-0.2, -0.15) is 0 Å². The summed E-state index contributed by atoms with van der Waals surface area (Å²) in [6.45, 7) is 1.14. The number of hydrogen-bond donors (Lipinski definition) is 1. The highest BCUT2D eigenvalue weighted by Gasteiger charge is 2.14. The first-order valence-corrected chi connectivity index (χ1v) is 6.84. The standard InChI is InChI=1S/C10H12BrN3O2S/c1-16-9(15)8(11)5-12-4-7-6-14-2-3-17-10(14)13-7/h2-3,6,8,12H,4-5H2,1H3. The third-order valence-electron chi connectivity index (χ3n) is 2.23. The van der Waals surface area contributed by atoms with E-state index in [1.165, 1.54) is 7.11 Å². The average Bonchev–Trinajstić information content (AvgIpc) is 2.88. The molecule has 2 rings (SSSR count). The summed E-state index contributed by atoms with van der Waals surface area (Å²) in [5.41, 5.74) is 0.960. The van der Waals surface area contributed by atoms with E-state index in [-0.39, 0.29) is 10.8 Å². The van der Waals surface area contributed by atoms with Crippen LogP contribution >= 0.6 is 27.3 Å². The van der Waals surface area contributed by atoms with Crippen molar-refractivity contribution in [3.63, 3.8) is 0 Å². The second-order valence-electron chi connectivity index (χ2n) is 3.45. The van der Waals surface area contributed by atoms with Gasteiger partial charge in [0.2, 0.25) is 0 Å². The van der Waals surface area contributed by atoms with E-state index in [0.29, 0.717) is 13.1 Å². The van der Waals surface area contributed by atoms with Gasteiger partial charge in [0.15, 0.2) is 4.96 Å². The topological polar surface area (TPSA) is 55.6 Å². The average molecular weight is 318 g/mol. The zero-order valence-corrected chi connectivity index (χ0v) is 11.6. The van der Waals surface area contributed by atoms with Crippen molar-refractivity contribution in [3.8, 4) is 0 Å². The van der Waals surface area contributed by atoms with Crippen molar-refractivity contribution in [1.29, 1.82) is 0 Å². The zero-order valence-electron chi connectivity index (χ0n) is 9.22. The number of hydrogen-bond acceptors (Lipinski definition) is 5. The van der Waals surface area contributed by atoms with Crippen LogP contribution in [0.1, 0.15) is 5.69 Å². The van der Waals surface area contributed by atoms with E-state index in [1.54, 1.807) is 11.3 Å². The van der Waals surface area contributed by atoms with E-state index in [2.05, 4.69) is 31.0 Å². The van der Waals surface area contributed by atoms with E-state index >= 15 is 0 Å². The van der Waals surface area contributed by atoms with Crippen molar-refractivity contribution in [2.45, 2.75) is 11.4 Å². The number of rotatable bonds is 5. The molecule has 0 saturated heterocycles. The molecule has 92 valence electrons. The monoisotopic (exact) mass is 317 g/mol. The summed E-state index contributed by atoms with van der Waals surface area (Å²) in [5.74, 6) is -0.275. The Labute approximate surface area is 111 Å². The highest BCUT2D eigenvalue weighted by Crippen LogP contribution is 2.11. The number of nitrogens with zero attached hydrogens (tertiary/aromatic N) is 2. The van der Waals surface area contributed by atoms with Crippen molar-refractivity contribution in [2.24, 2.45) is 0 Å². The third-order valence-corrected chi connectivity index (χ3v) is 3.70. The molecule has 5 nitrogen and oxygen atoms in total. The number of imidazole rings is 1. The molecule has 0 saturated carbocycles. The molecule has 2 aromatic heterocycles. The molecule has 0 aliphatic carbocycles. The quantitative estimate of drug-likeness (QED) is 0.669. The molecule has 0 aliphatic heterocycles. The lowest BCUT2D eigenvalue weighted by molar-refractivity contribution is -0.139. The van der Waals surface area contributed by atoms with Gasteiger partial charge in [-0.3, -0.25) is 9.20 Å². The number of nitrogens with one attached hydrogen (secondary N) is 1. The predicted octanol–water partition coefficient (Wildman–Crippen LogP) is 1.42. The molecule has 17 heavy (non-hydrogen) atoms. The number of alkyl halides is 1. The lowest BCUT2D eigenvalue weighted by atomic mass is 10.4. The normalized spacial score (nSPS) is 12.8. The van der Waals surface area contributed by atoms with Crippen LogP contribution in [0.4, 0.5) is 0 Å². The Hall–Kier alpha value is -0.920. The Morgan fingerprint density at radius 2 is 2.59 bits per heavy atom. The molecule has 0 aromatic carbocycles. The number of aromatic nitrogens is 2. The second kappa shape index (κ2) is 5.61. The number of halogens is 1. The van der Waals surface area contributed by atoms with E-state index < -0.39 is 0 Å². The Morgan fingerprint density at radius 1 is 1.76 bits per heavy atom. The van der Waals surface area contributed by atoms with Crippen LogP contribution in [0.3, 0.4) is 0 Å². The van der Waals surface area contributed by atoms with Crippen LogP contribution < -0.4 is 5.32 Å². The number of carbonyl (C=O) groups is 1. The molecule has 7 heteroatoms. The van der Waals surface area contributed by atoms with Gasteiger partial charge < -0.3 is 10.1 Å². The predicted molar refractivity (Wildman–Crippen MR) is 69.5 cm³/mol. The van der Waals surface area contributed by atoms with Gasteiger partial charge in [0.05, 0.1) is 12.8 Å². The van der Waals surface area contributed by atoms with Crippen LogP contribution in [-0.2, 0) is 16.1 Å². The molecule has 0 radical (unpaired) electrons. The van der Waals surface area contributed by atoms with Crippen LogP contribution in [0.15, 0.2) is 17.8 Å². The van der Waals surface area contributed by atoms with Crippen molar-refractivity contribution in [1.82, 2.24) is 14.7 Å². The van der Waals surface area contributed by atoms with E-state index in [0.717, 1.165) is 10.7 Å². The van der Waals surface area contributed by atoms with E-state index in [9.17, 15) is 4.79 Å². The summed E-state index contributed by atoms with van der Waals surface area (Å²) < 4.78 is 6.59. The maximum absolute atomic E-state index is 11.1. The highest BCUT2D eigenvalue weighted by molar-refractivity contribution is 9.10. The van der Waals surface area contributed by atoms with Gasteiger partial charge in [0, 0.05) is 30.9 Å². The van der Waals surface area contributed by atoms with Gasteiger partial charge in [0.1, 0.15) is 4.83 Å². The summed E-state index contributed by atoms with van der Waals surface area (Å²) in [5, 5.41) is 5.14. The van der Waals surface area contributed by atoms with E-state index in [4.69, 9.17) is 0 Å². The molecule has 0 bridgehead atoms. The van der Waals surface area contributed by atoms with E-state index in [1.807, 2.05) is 22.2 Å². The van der Waals surface area contributed by atoms with Crippen LogP contribution in [0.2, 0.25) is 0 Å². The molecule has 2 heterocycles. The molecule has 0 aliphatic rings. The molecule has 0 spiro atoms. The number of fused-ring (bicyclic) bond motifs is 1. The van der Waals surface area contributed by atoms with Crippen LogP contribution in [0, 0.1) is 0 Å². The van der Waals surface area contributed by atoms with Gasteiger partial charge in [-0.1, -0.05) is 15.9 Å². The van der Waals surface area contributed by atoms with Crippen LogP contribution in [0.25, 0.3) is 4.96 Å². The molecule has 1 atom stereocenters. The number of thiazole rings is 1. The van der Waals surface area contributed by atoms with Gasteiger partial charge in [-0.05, 0) is 0 Å². The largest absolute Gasteiger partial charge is 0.468 e. The number of methoxy groups -OCH3 is 1. The lowest BCUT2D eigenvalue weighted by Gasteiger charge is -2.07. The molecule has 1 unspecified atom stereocenters. The summed E-state index contributed by atoms with van der Waals surface area (Å²) in [7, 11) is 1.38. The minimum absolute atomic E-state index is 0.275. The third kappa shape index (κ3) is 3.05. The Bertz CT molecular complexity index is 482. The second-order valence-corrected chi connectivity index (χ2v) is 5.43. The first-order chi connectivity index (χ1) is 8.20. The van der Waals surface area contributed by atoms with Crippen molar-refractivity contribution >= 4 is 38.2 Å². The minimum Gasteiger partial charge on any atom is -0.468 e. The Morgan fingerprint density at radius 3 is 3.29 bits per heavy atom. The minimum atomic E-state index is -0.323. The molecular formula is C10H12BrN3O2S. The first-order valence-electron chi connectivity index (χ1n) is 5.04. The van der Waals surface area contributed by atoms with Crippen molar-refractivity contribution < 1.29 is 9.53 Å². The fourth-order valence-corrected chi connectivity index (χ4v) is 2.53. The maximum atomic E-state index is 11.1. The Balaban J connectivity index is 1.82. The van der Waals surface area contributed by atoms with Gasteiger partial charge in [0.25, 0.3) is 0 Å². The van der Waals surface area contributed by atoms with Crippen LogP contribution in [0.5, 0.6) is 0 Å². The summed E-state index contributed by atoms with van der Waals surface area (Å²) >= 11 is 4.84. The fourth-order valence-electron chi connectivity index (χ4n) is 1.40. The first kappa shape index (κ1) is 12.5. The number of esters is 1. The van der Waals surface area contributed by atoms with Gasteiger partial charge >= 0.3 is 5.97 Å². The number of ether oxygens (including phenoxy) is 1. The molecule has 2 aromatic rings. The smallest absolute Gasteiger partial charge is 0.320 e. The maximum Gasteiger partial charge on any atom is 0.320 e. The fraction of sp³-hybridized carbons (Fsp3) is 0.400. The van der Waals surface area contributed by atoms with Gasteiger partial charge in [-0.25, -0.2) is 4.98 Å². The molecule has 0 fully saturated rings. The lowest BCUT2D eigenvalue weighted by Crippen LogP contribution is -2.29. The molecule has 0 amide bonds. The summed E-state index contributed by atoms with van der Waals surface area (Å²) in [4.78, 5) is 16.2. The SMILES string of the molecule is COC(=O)C(Br)CNCc1cn2ccsc2n1. The van der Waals surface area contributed by atoms with Gasteiger partial charge in [-0.15, -0.1) is 11.3 Å². The van der Waals surface area contributed by atoms with Crippen LogP contribution in [-0.4, -0.2) is 33.8 Å². The number of carbonyl (C=O) groups excluding carboxylic acids is 1.